The van der Waals surface area contributed by atoms with Crippen molar-refractivity contribution in [1.82, 2.24) is 14.8 Å². The van der Waals surface area contributed by atoms with Crippen LogP contribution in [0.25, 0.3) is 5.57 Å². The molecule has 2 aromatic rings. The fraction of sp³-hybridized carbons (Fsp3) is 0.440. The lowest BCUT2D eigenvalue weighted by Gasteiger charge is -2.42. The Hall–Kier alpha value is -2.29. The maximum absolute atomic E-state index is 13.2. The number of nitrogens with zero attached hydrogens (tertiary/aromatic N) is 4. The predicted octanol–water partition coefficient (Wildman–Crippen LogP) is 5.38. The van der Waals surface area contributed by atoms with Crippen LogP contribution in [0.1, 0.15) is 30.4 Å². The largest absolute Gasteiger partial charge is 0.417 e. The van der Waals surface area contributed by atoms with Crippen molar-refractivity contribution in [2.75, 3.05) is 37.6 Å². The summed E-state index contributed by atoms with van der Waals surface area (Å²) in [5.41, 5.74) is 1.54. The minimum Gasteiger partial charge on any atom is -0.362 e. The predicted molar refractivity (Wildman–Crippen MR) is 131 cm³/mol. The normalized spacial score (nSPS) is 22.9. The summed E-state index contributed by atoms with van der Waals surface area (Å²) in [6, 6.07) is 8.46. The van der Waals surface area contributed by atoms with Crippen molar-refractivity contribution >= 4 is 40.4 Å². The number of aromatic nitrogens is 1. The van der Waals surface area contributed by atoms with Crippen LogP contribution in [0.2, 0.25) is 10.2 Å². The molecule has 10 heteroatoms. The highest BCUT2D eigenvalue weighted by Gasteiger charge is 2.41. The van der Waals surface area contributed by atoms with Gasteiger partial charge in [0.2, 0.25) is 5.91 Å². The van der Waals surface area contributed by atoms with E-state index in [0.29, 0.717) is 48.9 Å². The van der Waals surface area contributed by atoms with Crippen molar-refractivity contribution in [2.24, 2.45) is 0 Å². The summed E-state index contributed by atoms with van der Waals surface area (Å²) >= 11 is 11.7. The van der Waals surface area contributed by atoms with Crippen molar-refractivity contribution in [3.8, 4) is 0 Å². The number of anilines is 1. The van der Waals surface area contributed by atoms with Crippen molar-refractivity contribution < 1.29 is 18.0 Å². The molecule has 2 saturated heterocycles. The first-order chi connectivity index (χ1) is 16.7. The average molecular weight is 525 g/mol. The number of piperazine rings is 1. The highest BCUT2D eigenvalue weighted by Crippen LogP contribution is 2.37. The molecule has 2 bridgehead atoms. The minimum atomic E-state index is -4.50. The van der Waals surface area contributed by atoms with E-state index in [4.69, 9.17) is 23.2 Å². The van der Waals surface area contributed by atoms with E-state index in [2.05, 4.69) is 14.8 Å². The summed E-state index contributed by atoms with van der Waals surface area (Å²) in [5.74, 6) is 0.0494. The summed E-state index contributed by atoms with van der Waals surface area (Å²) in [6.45, 7) is 2.84. The third-order valence-electron chi connectivity index (χ3n) is 7.13. The molecular formula is C25H25Cl2F3N4O. The van der Waals surface area contributed by atoms with Gasteiger partial charge in [-0.05, 0) is 54.7 Å². The highest BCUT2D eigenvalue weighted by molar-refractivity contribution is 6.31. The van der Waals surface area contributed by atoms with Crippen LogP contribution < -0.4 is 4.90 Å². The molecular weight excluding hydrogens is 500 g/mol. The maximum Gasteiger partial charge on any atom is 0.417 e. The monoisotopic (exact) mass is 524 g/mol. The standard InChI is InChI=1S/C25H25Cl2F3N4O/c26-22-5-1-17(11-21(22)25(28,29)30)16-7-9-33(10-8-16)24(35)15-32-13-19-2-3-20(14-32)34(19)18-4-6-23(27)31-12-18/h1,4-7,11-12,19-20H,2-3,8-10,13-15H2. The number of pyridine rings is 1. The molecule has 2 atom stereocenters. The van der Waals surface area contributed by atoms with Gasteiger partial charge in [0, 0.05) is 38.3 Å². The molecule has 3 aliphatic rings. The second-order valence-corrected chi connectivity index (χ2v) is 10.1. The number of amides is 1. The van der Waals surface area contributed by atoms with Crippen molar-refractivity contribution in [3.05, 3.63) is 63.9 Å². The Kier molecular flexibility index (Phi) is 6.72. The number of halogens is 5. The molecule has 4 heterocycles. The molecule has 0 aliphatic carbocycles. The van der Waals surface area contributed by atoms with Crippen LogP contribution >= 0.6 is 23.2 Å². The Labute approximate surface area is 212 Å². The summed E-state index contributed by atoms with van der Waals surface area (Å²) in [6.07, 6.45) is 1.82. The van der Waals surface area contributed by atoms with Crippen molar-refractivity contribution in [2.45, 2.75) is 37.5 Å². The van der Waals surface area contributed by atoms with Gasteiger partial charge < -0.3 is 9.80 Å². The first-order valence-electron chi connectivity index (χ1n) is 11.7. The number of carbonyl (C=O) groups excluding carboxylic acids is 1. The van der Waals surface area contributed by atoms with Gasteiger partial charge >= 0.3 is 6.18 Å². The summed E-state index contributed by atoms with van der Waals surface area (Å²) in [5, 5.41) is 0.164. The van der Waals surface area contributed by atoms with Gasteiger partial charge in [-0.2, -0.15) is 13.2 Å². The van der Waals surface area contributed by atoms with E-state index in [0.717, 1.165) is 43.3 Å². The van der Waals surface area contributed by atoms with E-state index in [1.54, 1.807) is 17.0 Å². The number of likely N-dealkylation sites (tertiary alicyclic amines) is 1. The topological polar surface area (TPSA) is 39.7 Å². The van der Waals surface area contributed by atoms with E-state index < -0.39 is 11.7 Å². The summed E-state index contributed by atoms with van der Waals surface area (Å²) in [4.78, 5) is 23.6. The van der Waals surface area contributed by atoms with E-state index in [1.165, 1.54) is 6.07 Å². The average Bonchev–Trinajstić information content (AvgIpc) is 3.09. The van der Waals surface area contributed by atoms with E-state index in [9.17, 15) is 18.0 Å². The van der Waals surface area contributed by atoms with E-state index >= 15 is 0 Å². The molecule has 3 aliphatic heterocycles. The number of rotatable bonds is 4. The van der Waals surface area contributed by atoms with Gasteiger partial charge in [-0.15, -0.1) is 0 Å². The molecule has 0 spiro atoms. The van der Waals surface area contributed by atoms with Gasteiger partial charge in [0.15, 0.2) is 0 Å². The molecule has 0 radical (unpaired) electrons. The maximum atomic E-state index is 13.2. The van der Waals surface area contributed by atoms with Crippen LogP contribution in [0.5, 0.6) is 0 Å². The first-order valence-corrected chi connectivity index (χ1v) is 12.4. The third kappa shape index (κ3) is 5.15. The molecule has 2 fully saturated rings. The van der Waals surface area contributed by atoms with Gasteiger partial charge in [-0.3, -0.25) is 9.69 Å². The van der Waals surface area contributed by atoms with Crippen LogP contribution in [-0.2, 0) is 11.0 Å². The fourth-order valence-corrected chi connectivity index (χ4v) is 5.79. The summed E-state index contributed by atoms with van der Waals surface area (Å²) in [7, 11) is 0. The highest BCUT2D eigenvalue weighted by atomic mass is 35.5. The molecule has 0 N–H and O–H groups in total. The smallest absolute Gasteiger partial charge is 0.362 e. The van der Waals surface area contributed by atoms with Crippen LogP contribution in [0.3, 0.4) is 0 Å². The summed E-state index contributed by atoms with van der Waals surface area (Å²) < 4.78 is 39.6. The zero-order valence-electron chi connectivity index (χ0n) is 18.9. The van der Waals surface area contributed by atoms with Gasteiger partial charge in [0.1, 0.15) is 5.15 Å². The Morgan fingerprint density at radius 3 is 2.43 bits per heavy atom. The lowest BCUT2D eigenvalue weighted by molar-refractivity contribution is -0.137. The second kappa shape index (κ2) is 9.64. The zero-order chi connectivity index (χ0) is 24.7. The number of fused-ring (bicyclic) bond motifs is 2. The number of hydrogen-bond acceptors (Lipinski definition) is 4. The lowest BCUT2D eigenvalue weighted by Crippen LogP contribution is -2.56. The molecule has 0 saturated carbocycles. The van der Waals surface area contributed by atoms with Gasteiger partial charge in [0.05, 0.1) is 29.0 Å². The Morgan fingerprint density at radius 2 is 1.83 bits per heavy atom. The second-order valence-electron chi connectivity index (χ2n) is 9.34. The molecule has 1 amide bonds. The zero-order valence-corrected chi connectivity index (χ0v) is 20.5. The molecule has 1 aromatic carbocycles. The molecule has 5 rings (SSSR count). The number of benzene rings is 1. The number of alkyl halides is 3. The fourth-order valence-electron chi connectivity index (χ4n) is 5.45. The van der Waals surface area contributed by atoms with Crippen LogP contribution in [0, 0.1) is 0 Å². The molecule has 186 valence electrons. The minimum absolute atomic E-state index is 0.0494. The van der Waals surface area contributed by atoms with E-state index in [1.807, 2.05) is 18.3 Å². The Bertz CT molecular complexity index is 1120. The molecule has 2 unspecified atom stereocenters. The number of hydrogen-bond donors (Lipinski definition) is 0. The van der Waals surface area contributed by atoms with Crippen LogP contribution in [0.4, 0.5) is 18.9 Å². The van der Waals surface area contributed by atoms with Gasteiger partial charge in [-0.1, -0.05) is 35.3 Å². The molecule has 35 heavy (non-hydrogen) atoms. The van der Waals surface area contributed by atoms with E-state index in [-0.39, 0.29) is 10.9 Å². The first kappa shape index (κ1) is 24.4. The number of carbonyl (C=O) groups is 1. The van der Waals surface area contributed by atoms with Crippen molar-refractivity contribution in [3.63, 3.8) is 0 Å². The lowest BCUT2D eigenvalue weighted by atomic mass is 9.97. The van der Waals surface area contributed by atoms with Crippen LogP contribution in [-0.4, -0.2) is 65.5 Å². The van der Waals surface area contributed by atoms with Crippen molar-refractivity contribution in [1.29, 1.82) is 0 Å². The van der Waals surface area contributed by atoms with Crippen LogP contribution in [0.15, 0.2) is 42.6 Å². The Balaban J connectivity index is 1.19. The third-order valence-corrected chi connectivity index (χ3v) is 7.68. The SMILES string of the molecule is O=C(CN1CC2CCC(C1)N2c1ccc(Cl)nc1)N1CC=C(c2ccc(Cl)c(C(F)(F)F)c2)CC1. The molecule has 1 aromatic heterocycles. The van der Waals surface area contributed by atoms with Gasteiger partial charge in [-0.25, -0.2) is 4.98 Å². The molecule has 5 nitrogen and oxygen atoms in total. The van der Waals surface area contributed by atoms with Gasteiger partial charge in [0.25, 0.3) is 0 Å². The Morgan fingerprint density at radius 1 is 1.09 bits per heavy atom. The quantitative estimate of drug-likeness (QED) is 0.503.